The van der Waals surface area contributed by atoms with Crippen LogP contribution >= 0.6 is 43.5 Å². The topological polar surface area (TPSA) is 55.2 Å². The molecule has 0 unspecified atom stereocenters. The molecule has 0 atom stereocenters. The maximum atomic E-state index is 11.0. The highest BCUT2D eigenvalue weighted by atomic mass is 79.9. The Bertz CT molecular complexity index is 650. The van der Waals surface area contributed by atoms with Crippen molar-refractivity contribution in [2.24, 2.45) is 0 Å². The molecule has 98 valence electrons. The Morgan fingerprint density at radius 3 is 2.53 bits per heavy atom. The SMILES string of the molecule is O=[N+]([O-])c1cc(Br)ccc1Nc1cc(Cl)ccc1Br. The highest BCUT2D eigenvalue weighted by Gasteiger charge is 2.15. The number of hydrogen-bond acceptors (Lipinski definition) is 3. The summed E-state index contributed by atoms with van der Waals surface area (Å²) in [5, 5.41) is 14.6. The van der Waals surface area contributed by atoms with Crippen LogP contribution in [0.2, 0.25) is 5.02 Å². The van der Waals surface area contributed by atoms with Crippen molar-refractivity contribution in [3.8, 4) is 0 Å². The van der Waals surface area contributed by atoms with Crippen molar-refractivity contribution >= 4 is 60.5 Å². The van der Waals surface area contributed by atoms with Crippen LogP contribution in [0.25, 0.3) is 0 Å². The van der Waals surface area contributed by atoms with Crippen molar-refractivity contribution in [1.29, 1.82) is 0 Å². The van der Waals surface area contributed by atoms with Crippen molar-refractivity contribution in [2.75, 3.05) is 5.32 Å². The fourth-order valence-electron chi connectivity index (χ4n) is 1.50. The van der Waals surface area contributed by atoms with Gasteiger partial charge in [0.15, 0.2) is 0 Å². The van der Waals surface area contributed by atoms with Gasteiger partial charge in [-0.05, 0) is 46.3 Å². The molecule has 0 radical (unpaired) electrons. The minimum Gasteiger partial charge on any atom is -0.349 e. The number of nitrogens with zero attached hydrogens (tertiary/aromatic N) is 1. The third kappa shape index (κ3) is 3.46. The van der Waals surface area contributed by atoms with E-state index in [-0.39, 0.29) is 5.69 Å². The molecule has 4 nitrogen and oxygen atoms in total. The Kier molecular flexibility index (Phi) is 4.44. The summed E-state index contributed by atoms with van der Waals surface area (Å²) in [5.74, 6) is 0. The second-order valence-electron chi connectivity index (χ2n) is 3.67. The molecule has 0 aliphatic heterocycles. The molecule has 0 aromatic heterocycles. The van der Waals surface area contributed by atoms with E-state index < -0.39 is 4.92 Å². The Morgan fingerprint density at radius 2 is 1.84 bits per heavy atom. The van der Waals surface area contributed by atoms with Gasteiger partial charge in [0, 0.05) is 20.0 Å². The van der Waals surface area contributed by atoms with Crippen LogP contribution in [0.4, 0.5) is 17.1 Å². The van der Waals surface area contributed by atoms with Crippen LogP contribution in [0.3, 0.4) is 0 Å². The molecule has 0 amide bonds. The molecule has 0 aliphatic carbocycles. The van der Waals surface area contributed by atoms with Crippen molar-refractivity contribution in [1.82, 2.24) is 0 Å². The summed E-state index contributed by atoms with van der Waals surface area (Å²) < 4.78 is 1.42. The van der Waals surface area contributed by atoms with Gasteiger partial charge in [0.05, 0.1) is 10.6 Å². The third-order valence-electron chi connectivity index (χ3n) is 2.35. The molecule has 0 bridgehead atoms. The zero-order valence-corrected chi connectivity index (χ0v) is 13.3. The van der Waals surface area contributed by atoms with E-state index in [1.807, 2.05) is 0 Å². The van der Waals surface area contributed by atoms with Gasteiger partial charge in [-0.1, -0.05) is 27.5 Å². The Morgan fingerprint density at radius 1 is 1.11 bits per heavy atom. The second kappa shape index (κ2) is 5.90. The predicted molar refractivity (Wildman–Crippen MR) is 83.2 cm³/mol. The number of nitrogens with one attached hydrogen (secondary N) is 1. The number of nitro groups is 1. The van der Waals surface area contributed by atoms with Gasteiger partial charge < -0.3 is 5.32 Å². The Balaban J connectivity index is 2.43. The van der Waals surface area contributed by atoms with E-state index >= 15 is 0 Å². The molecule has 0 aliphatic rings. The van der Waals surface area contributed by atoms with Crippen molar-refractivity contribution in [3.05, 3.63) is 60.5 Å². The first-order valence-electron chi connectivity index (χ1n) is 5.13. The fraction of sp³-hybridized carbons (Fsp3) is 0. The van der Waals surface area contributed by atoms with E-state index in [0.717, 1.165) is 4.47 Å². The molecule has 7 heteroatoms. The van der Waals surface area contributed by atoms with E-state index in [9.17, 15) is 10.1 Å². The highest BCUT2D eigenvalue weighted by molar-refractivity contribution is 9.10. The monoisotopic (exact) mass is 404 g/mol. The van der Waals surface area contributed by atoms with Crippen LogP contribution in [0.15, 0.2) is 45.3 Å². The maximum absolute atomic E-state index is 11.0. The summed E-state index contributed by atoms with van der Waals surface area (Å²) in [6, 6.07) is 10.0. The lowest BCUT2D eigenvalue weighted by atomic mass is 10.2. The zero-order valence-electron chi connectivity index (χ0n) is 9.36. The number of halogens is 3. The van der Waals surface area contributed by atoms with Crippen LogP contribution < -0.4 is 5.32 Å². The van der Waals surface area contributed by atoms with Gasteiger partial charge >= 0.3 is 0 Å². The Hall–Kier alpha value is -1.11. The van der Waals surface area contributed by atoms with Gasteiger partial charge in [0.25, 0.3) is 5.69 Å². The molecule has 19 heavy (non-hydrogen) atoms. The molecule has 0 heterocycles. The van der Waals surface area contributed by atoms with E-state index in [0.29, 0.717) is 20.9 Å². The van der Waals surface area contributed by atoms with E-state index in [1.54, 1.807) is 30.3 Å². The molecule has 0 saturated heterocycles. The van der Waals surface area contributed by atoms with E-state index in [4.69, 9.17) is 11.6 Å². The van der Waals surface area contributed by atoms with Gasteiger partial charge in [0.1, 0.15) is 5.69 Å². The summed E-state index contributed by atoms with van der Waals surface area (Å²) >= 11 is 12.5. The van der Waals surface area contributed by atoms with Gasteiger partial charge in [-0.25, -0.2) is 0 Å². The molecule has 2 rings (SSSR count). The average molecular weight is 406 g/mol. The molecular weight excluding hydrogens is 399 g/mol. The number of rotatable bonds is 3. The second-order valence-corrected chi connectivity index (χ2v) is 5.87. The number of nitro benzene ring substituents is 1. The van der Waals surface area contributed by atoms with Crippen LogP contribution in [-0.2, 0) is 0 Å². The van der Waals surface area contributed by atoms with Crippen LogP contribution in [0.5, 0.6) is 0 Å². The summed E-state index contributed by atoms with van der Waals surface area (Å²) in [4.78, 5) is 10.6. The van der Waals surface area contributed by atoms with Gasteiger partial charge in [-0.15, -0.1) is 0 Å². The molecule has 2 aromatic carbocycles. The first-order valence-corrected chi connectivity index (χ1v) is 7.10. The standard InChI is InChI=1S/C12H7Br2ClN2O2/c13-7-1-4-10(12(5-7)17(18)19)16-11-6-8(15)2-3-9(11)14/h1-6,16H. The molecule has 2 aromatic rings. The van der Waals surface area contributed by atoms with Crippen LogP contribution in [-0.4, -0.2) is 4.92 Å². The molecule has 1 N–H and O–H groups in total. The van der Waals surface area contributed by atoms with Crippen molar-refractivity contribution < 1.29 is 4.92 Å². The maximum Gasteiger partial charge on any atom is 0.293 e. The lowest BCUT2D eigenvalue weighted by Gasteiger charge is -2.09. The number of hydrogen-bond donors (Lipinski definition) is 1. The van der Waals surface area contributed by atoms with E-state index in [2.05, 4.69) is 37.2 Å². The predicted octanol–water partition coefficient (Wildman–Crippen LogP) is 5.52. The zero-order chi connectivity index (χ0) is 14.0. The Labute approximate surface area is 131 Å². The smallest absolute Gasteiger partial charge is 0.293 e. The normalized spacial score (nSPS) is 10.3. The summed E-state index contributed by atoms with van der Waals surface area (Å²) in [5.41, 5.74) is 1.05. The molecule has 0 fully saturated rings. The highest BCUT2D eigenvalue weighted by Crippen LogP contribution is 2.34. The lowest BCUT2D eigenvalue weighted by Crippen LogP contribution is -1.97. The minimum absolute atomic E-state index is 0.0127. The summed E-state index contributed by atoms with van der Waals surface area (Å²) in [6.07, 6.45) is 0. The lowest BCUT2D eigenvalue weighted by molar-refractivity contribution is -0.384. The minimum atomic E-state index is -0.439. The quantitative estimate of drug-likeness (QED) is 0.540. The van der Waals surface area contributed by atoms with Crippen molar-refractivity contribution in [3.63, 3.8) is 0 Å². The first-order chi connectivity index (χ1) is 8.97. The van der Waals surface area contributed by atoms with Crippen LogP contribution in [0.1, 0.15) is 0 Å². The van der Waals surface area contributed by atoms with E-state index in [1.165, 1.54) is 6.07 Å². The largest absolute Gasteiger partial charge is 0.349 e. The summed E-state index contributed by atoms with van der Waals surface area (Å²) in [6.45, 7) is 0. The molecule has 0 spiro atoms. The van der Waals surface area contributed by atoms with Gasteiger partial charge in [0.2, 0.25) is 0 Å². The van der Waals surface area contributed by atoms with Gasteiger partial charge in [-0.3, -0.25) is 10.1 Å². The third-order valence-corrected chi connectivity index (χ3v) is 3.77. The van der Waals surface area contributed by atoms with Crippen LogP contribution in [0, 0.1) is 10.1 Å². The number of benzene rings is 2. The first kappa shape index (κ1) is 14.3. The fourth-order valence-corrected chi connectivity index (χ4v) is 2.37. The molecule has 0 saturated carbocycles. The number of anilines is 2. The average Bonchev–Trinajstić information content (AvgIpc) is 2.35. The summed E-state index contributed by atoms with van der Waals surface area (Å²) in [7, 11) is 0. The molecular formula is C12H7Br2ClN2O2. The van der Waals surface area contributed by atoms with Crippen molar-refractivity contribution in [2.45, 2.75) is 0 Å². The van der Waals surface area contributed by atoms with Gasteiger partial charge in [-0.2, -0.15) is 0 Å².